The summed E-state index contributed by atoms with van der Waals surface area (Å²) in [5, 5.41) is 0. The zero-order valence-electron chi connectivity index (χ0n) is 8.79. The van der Waals surface area contributed by atoms with E-state index in [1.807, 2.05) is 0 Å². The SMILES string of the molecule is C.CC(C)CCNS(=O)(=O)NC(C)C. The van der Waals surface area contributed by atoms with Crippen LogP contribution in [0.4, 0.5) is 0 Å². The van der Waals surface area contributed by atoms with Crippen LogP contribution in [-0.2, 0) is 10.2 Å². The molecule has 0 aliphatic rings. The van der Waals surface area contributed by atoms with E-state index in [2.05, 4.69) is 23.3 Å². The van der Waals surface area contributed by atoms with E-state index in [4.69, 9.17) is 0 Å². The molecule has 4 nitrogen and oxygen atoms in total. The average molecular weight is 224 g/mol. The van der Waals surface area contributed by atoms with Gasteiger partial charge in [0.05, 0.1) is 0 Å². The van der Waals surface area contributed by atoms with E-state index in [9.17, 15) is 8.42 Å². The minimum absolute atomic E-state index is 0. The molecule has 0 bridgehead atoms. The van der Waals surface area contributed by atoms with Gasteiger partial charge in [0.15, 0.2) is 0 Å². The van der Waals surface area contributed by atoms with Crippen LogP contribution >= 0.6 is 0 Å². The van der Waals surface area contributed by atoms with E-state index in [0.717, 1.165) is 6.42 Å². The highest BCUT2D eigenvalue weighted by Crippen LogP contribution is 1.96. The summed E-state index contributed by atoms with van der Waals surface area (Å²) in [5.74, 6) is 0.516. The first-order valence-corrected chi connectivity index (χ1v) is 6.08. The molecule has 0 aromatic carbocycles. The fourth-order valence-corrected chi connectivity index (χ4v) is 1.92. The van der Waals surface area contributed by atoms with Crippen molar-refractivity contribution in [1.29, 1.82) is 0 Å². The normalized spacial score (nSPS) is 11.9. The fraction of sp³-hybridized carbons (Fsp3) is 1.00. The molecular weight excluding hydrogens is 200 g/mol. The minimum atomic E-state index is -3.28. The van der Waals surface area contributed by atoms with Crippen molar-refractivity contribution in [3.05, 3.63) is 0 Å². The van der Waals surface area contributed by atoms with Crippen LogP contribution in [0.25, 0.3) is 0 Å². The molecule has 2 N–H and O–H groups in total. The Kier molecular flexibility index (Phi) is 8.39. The summed E-state index contributed by atoms with van der Waals surface area (Å²) < 4.78 is 27.3. The van der Waals surface area contributed by atoms with E-state index in [0.29, 0.717) is 12.5 Å². The second-order valence-corrected chi connectivity index (χ2v) is 5.38. The van der Waals surface area contributed by atoms with Crippen LogP contribution in [0.1, 0.15) is 41.5 Å². The first-order valence-electron chi connectivity index (χ1n) is 4.60. The zero-order chi connectivity index (χ0) is 10.5. The van der Waals surface area contributed by atoms with Gasteiger partial charge in [-0.25, -0.2) is 4.72 Å². The summed E-state index contributed by atoms with van der Waals surface area (Å²) in [4.78, 5) is 0. The third kappa shape index (κ3) is 9.95. The molecule has 0 saturated heterocycles. The number of hydrogen-bond donors (Lipinski definition) is 2. The summed E-state index contributed by atoms with van der Waals surface area (Å²) in [6.45, 7) is 8.21. The highest BCUT2D eigenvalue weighted by molar-refractivity contribution is 7.87. The molecule has 5 heteroatoms. The maximum atomic E-state index is 11.2. The van der Waals surface area contributed by atoms with E-state index in [1.165, 1.54) is 0 Å². The third-order valence-corrected chi connectivity index (χ3v) is 2.77. The Bertz CT molecular complexity index is 223. The van der Waals surface area contributed by atoms with E-state index in [1.54, 1.807) is 13.8 Å². The number of rotatable bonds is 6. The highest BCUT2D eigenvalue weighted by atomic mass is 32.2. The molecule has 0 fully saturated rings. The molecule has 0 atom stereocenters. The first-order chi connectivity index (χ1) is 5.83. The van der Waals surface area contributed by atoms with Crippen LogP contribution in [0.2, 0.25) is 0 Å². The van der Waals surface area contributed by atoms with E-state index >= 15 is 0 Å². The number of nitrogens with one attached hydrogen (secondary N) is 2. The Morgan fingerprint density at radius 1 is 1.14 bits per heavy atom. The molecule has 0 aromatic rings. The van der Waals surface area contributed by atoms with Gasteiger partial charge in [0.25, 0.3) is 10.2 Å². The van der Waals surface area contributed by atoms with Gasteiger partial charge in [-0.3, -0.25) is 0 Å². The lowest BCUT2D eigenvalue weighted by molar-refractivity contribution is 0.535. The van der Waals surface area contributed by atoms with Crippen molar-refractivity contribution in [3.8, 4) is 0 Å². The second-order valence-electron chi connectivity index (χ2n) is 3.85. The van der Waals surface area contributed by atoms with Crippen LogP contribution in [0.5, 0.6) is 0 Å². The standard InChI is InChI=1S/C8H20N2O2S.CH4/c1-7(2)5-6-9-13(11,12)10-8(3)4;/h7-10H,5-6H2,1-4H3;1H4. The Morgan fingerprint density at radius 2 is 1.64 bits per heavy atom. The van der Waals surface area contributed by atoms with Gasteiger partial charge >= 0.3 is 0 Å². The molecule has 88 valence electrons. The Hall–Kier alpha value is -0.130. The summed E-state index contributed by atoms with van der Waals surface area (Å²) in [7, 11) is -3.28. The smallest absolute Gasteiger partial charge is 0.202 e. The summed E-state index contributed by atoms with van der Waals surface area (Å²) in [6.07, 6.45) is 0.860. The molecule has 0 heterocycles. The molecule has 0 rings (SSSR count). The molecule has 0 radical (unpaired) electrons. The lowest BCUT2D eigenvalue weighted by Gasteiger charge is -2.11. The summed E-state index contributed by atoms with van der Waals surface area (Å²) in [5.41, 5.74) is 0. The molecule has 0 spiro atoms. The van der Waals surface area contributed by atoms with Crippen LogP contribution < -0.4 is 9.44 Å². The maximum Gasteiger partial charge on any atom is 0.277 e. The van der Waals surface area contributed by atoms with Gasteiger partial charge < -0.3 is 0 Å². The van der Waals surface area contributed by atoms with Crippen LogP contribution in [0.3, 0.4) is 0 Å². The quantitative estimate of drug-likeness (QED) is 0.718. The van der Waals surface area contributed by atoms with Crippen molar-refractivity contribution >= 4 is 10.2 Å². The fourth-order valence-electron chi connectivity index (χ4n) is 0.834. The zero-order valence-corrected chi connectivity index (χ0v) is 9.61. The van der Waals surface area contributed by atoms with Crippen LogP contribution in [0, 0.1) is 5.92 Å². The van der Waals surface area contributed by atoms with Crippen LogP contribution in [-0.4, -0.2) is 21.0 Å². The molecule has 0 saturated carbocycles. The van der Waals surface area contributed by atoms with E-state index < -0.39 is 10.2 Å². The molecule has 0 unspecified atom stereocenters. The van der Waals surface area contributed by atoms with Gasteiger partial charge in [0.1, 0.15) is 0 Å². The molecule has 0 aromatic heterocycles. The summed E-state index contributed by atoms with van der Waals surface area (Å²) >= 11 is 0. The molecule has 14 heavy (non-hydrogen) atoms. The molecule has 0 aliphatic carbocycles. The topological polar surface area (TPSA) is 58.2 Å². The van der Waals surface area contributed by atoms with Crippen LogP contribution in [0.15, 0.2) is 0 Å². The van der Waals surface area contributed by atoms with Crippen molar-refractivity contribution in [1.82, 2.24) is 9.44 Å². The van der Waals surface area contributed by atoms with Gasteiger partial charge in [-0.2, -0.15) is 13.1 Å². The largest absolute Gasteiger partial charge is 0.277 e. The van der Waals surface area contributed by atoms with Gasteiger partial charge in [-0.15, -0.1) is 0 Å². The average Bonchev–Trinajstić information content (AvgIpc) is 1.81. The van der Waals surface area contributed by atoms with Gasteiger partial charge in [-0.1, -0.05) is 21.3 Å². The van der Waals surface area contributed by atoms with Crippen molar-refractivity contribution in [2.75, 3.05) is 6.54 Å². The first kappa shape index (κ1) is 16.3. The Labute approximate surface area is 88.7 Å². The minimum Gasteiger partial charge on any atom is -0.202 e. The van der Waals surface area contributed by atoms with Crippen molar-refractivity contribution in [2.24, 2.45) is 5.92 Å². The maximum absolute atomic E-state index is 11.2. The van der Waals surface area contributed by atoms with Crippen molar-refractivity contribution in [2.45, 2.75) is 47.6 Å². The second kappa shape index (κ2) is 7.20. The lowest BCUT2D eigenvalue weighted by Crippen LogP contribution is -2.40. The predicted molar refractivity (Wildman–Crippen MR) is 61.4 cm³/mol. The molecular formula is C9H24N2O2S. The Balaban J connectivity index is 0. The van der Waals surface area contributed by atoms with E-state index in [-0.39, 0.29) is 13.5 Å². The highest BCUT2D eigenvalue weighted by Gasteiger charge is 2.09. The lowest BCUT2D eigenvalue weighted by atomic mass is 10.1. The Morgan fingerprint density at radius 3 is 2.00 bits per heavy atom. The molecule has 0 amide bonds. The van der Waals surface area contributed by atoms with Gasteiger partial charge in [0.2, 0.25) is 0 Å². The summed E-state index contributed by atoms with van der Waals surface area (Å²) in [6, 6.07) is -0.0588. The van der Waals surface area contributed by atoms with Gasteiger partial charge in [-0.05, 0) is 26.2 Å². The molecule has 0 aliphatic heterocycles. The number of hydrogen-bond acceptors (Lipinski definition) is 2. The third-order valence-electron chi connectivity index (χ3n) is 1.40. The van der Waals surface area contributed by atoms with Crippen molar-refractivity contribution < 1.29 is 8.42 Å². The van der Waals surface area contributed by atoms with Crippen molar-refractivity contribution in [3.63, 3.8) is 0 Å². The predicted octanol–water partition coefficient (Wildman–Crippen LogP) is 1.50. The monoisotopic (exact) mass is 224 g/mol. The van der Waals surface area contributed by atoms with Gasteiger partial charge in [0, 0.05) is 12.6 Å².